The molecule has 2 aliphatic rings. The third-order valence-corrected chi connectivity index (χ3v) is 5.89. The zero-order chi connectivity index (χ0) is 18.8. The fourth-order valence-electron chi connectivity index (χ4n) is 4.35. The van der Waals surface area contributed by atoms with Crippen molar-refractivity contribution in [1.29, 1.82) is 0 Å². The highest BCUT2D eigenvalue weighted by atomic mass is 19.1. The number of aromatic nitrogens is 3. The highest BCUT2D eigenvalue weighted by Gasteiger charge is 2.32. The fraction of sp³-hybridized carbons (Fsp3) is 0.550. The maximum atomic E-state index is 14.4. The van der Waals surface area contributed by atoms with Crippen molar-refractivity contribution in [3.05, 3.63) is 29.8 Å². The zero-order valence-corrected chi connectivity index (χ0v) is 15.5. The van der Waals surface area contributed by atoms with Gasteiger partial charge in [-0.2, -0.15) is 0 Å². The number of nitrogens with zero attached hydrogens (tertiary/aromatic N) is 3. The van der Waals surface area contributed by atoms with Crippen LogP contribution in [-0.4, -0.2) is 27.2 Å². The lowest BCUT2D eigenvalue weighted by atomic mass is 9.95. The lowest BCUT2D eigenvalue weighted by Gasteiger charge is -2.18. The molecule has 0 bridgehead atoms. The molecule has 1 aliphatic carbocycles. The summed E-state index contributed by atoms with van der Waals surface area (Å²) < 4.78 is 16.5. The van der Waals surface area contributed by atoms with E-state index in [4.69, 9.17) is 5.73 Å². The molecule has 1 aliphatic heterocycles. The van der Waals surface area contributed by atoms with Gasteiger partial charge in [0.15, 0.2) is 5.82 Å². The zero-order valence-electron chi connectivity index (χ0n) is 15.5. The van der Waals surface area contributed by atoms with Gasteiger partial charge in [0.2, 0.25) is 5.91 Å². The maximum absolute atomic E-state index is 14.4. The van der Waals surface area contributed by atoms with E-state index in [1.54, 1.807) is 12.1 Å². The molecule has 144 valence electrons. The molecule has 0 spiro atoms. The van der Waals surface area contributed by atoms with E-state index in [-0.39, 0.29) is 23.4 Å². The van der Waals surface area contributed by atoms with Gasteiger partial charge in [-0.15, -0.1) is 10.2 Å². The van der Waals surface area contributed by atoms with Crippen LogP contribution in [0.25, 0.3) is 11.4 Å². The molecule has 0 radical (unpaired) electrons. The summed E-state index contributed by atoms with van der Waals surface area (Å²) in [6.45, 7) is 1.36. The number of amides is 1. The minimum atomic E-state index is -0.440. The smallest absolute Gasteiger partial charge is 0.227 e. The molecule has 4 rings (SSSR count). The standard InChI is InChI=1S/C20H26FN5O/c21-16-9-8-13(19-25-24-18-7-2-1-3-10-26(18)19)11-17(16)23-20(27)15-6-4-5-14(15)12-22/h8-9,11,14-15H,1-7,10,12,22H2,(H,23,27)/t14-,15-/m1/s1. The van der Waals surface area contributed by atoms with Gasteiger partial charge in [0, 0.05) is 24.4 Å². The molecule has 3 N–H and O–H groups in total. The minimum absolute atomic E-state index is 0.137. The van der Waals surface area contributed by atoms with Crippen LogP contribution >= 0.6 is 0 Å². The number of halogens is 1. The Bertz CT molecular complexity index is 834. The molecule has 2 atom stereocenters. The van der Waals surface area contributed by atoms with Crippen LogP contribution in [0, 0.1) is 17.7 Å². The van der Waals surface area contributed by atoms with Crippen molar-refractivity contribution < 1.29 is 9.18 Å². The first-order valence-corrected chi connectivity index (χ1v) is 9.90. The summed E-state index contributed by atoms with van der Waals surface area (Å²) in [5, 5.41) is 11.4. The van der Waals surface area contributed by atoms with Gasteiger partial charge >= 0.3 is 0 Å². The first-order valence-electron chi connectivity index (χ1n) is 9.90. The Labute approximate surface area is 158 Å². The second-order valence-corrected chi connectivity index (χ2v) is 7.62. The summed E-state index contributed by atoms with van der Waals surface area (Å²) in [4.78, 5) is 12.6. The van der Waals surface area contributed by atoms with Gasteiger partial charge in [0.1, 0.15) is 11.6 Å². The number of aryl methyl sites for hydroxylation is 1. The van der Waals surface area contributed by atoms with Gasteiger partial charge in [-0.05, 0) is 56.3 Å². The minimum Gasteiger partial charge on any atom is -0.330 e. The van der Waals surface area contributed by atoms with E-state index in [1.807, 2.05) is 0 Å². The molecule has 1 aromatic heterocycles. The number of fused-ring (bicyclic) bond motifs is 1. The number of carbonyl (C=O) groups is 1. The summed E-state index contributed by atoms with van der Waals surface area (Å²) in [5.74, 6) is 1.19. The Balaban J connectivity index is 1.59. The molecule has 1 amide bonds. The molecule has 6 nitrogen and oxygen atoms in total. The number of nitrogens with two attached hydrogens (primary N) is 1. The van der Waals surface area contributed by atoms with E-state index >= 15 is 0 Å². The third-order valence-electron chi connectivity index (χ3n) is 5.89. The Morgan fingerprint density at radius 1 is 1.22 bits per heavy atom. The fourth-order valence-corrected chi connectivity index (χ4v) is 4.35. The van der Waals surface area contributed by atoms with Crippen molar-refractivity contribution >= 4 is 11.6 Å². The molecule has 0 unspecified atom stereocenters. The Morgan fingerprint density at radius 2 is 2.11 bits per heavy atom. The second kappa shape index (κ2) is 7.76. The molecule has 2 aromatic rings. The van der Waals surface area contributed by atoms with Gasteiger partial charge < -0.3 is 15.6 Å². The van der Waals surface area contributed by atoms with E-state index in [0.717, 1.165) is 62.3 Å². The molecule has 1 fully saturated rings. The van der Waals surface area contributed by atoms with Crippen LogP contribution in [-0.2, 0) is 17.8 Å². The number of rotatable bonds is 4. The molecule has 2 heterocycles. The highest BCUT2D eigenvalue weighted by molar-refractivity contribution is 5.93. The molecule has 1 aromatic carbocycles. The predicted octanol–water partition coefficient (Wildman–Crippen LogP) is 3.12. The Hall–Kier alpha value is -2.28. The average molecular weight is 371 g/mol. The van der Waals surface area contributed by atoms with Crippen molar-refractivity contribution in [3.8, 4) is 11.4 Å². The predicted molar refractivity (Wildman–Crippen MR) is 101 cm³/mol. The summed E-state index contributed by atoms with van der Waals surface area (Å²) in [6, 6.07) is 4.76. The van der Waals surface area contributed by atoms with Crippen LogP contribution in [0.15, 0.2) is 18.2 Å². The molecular weight excluding hydrogens is 345 g/mol. The Kier molecular flexibility index (Phi) is 5.20. The van der Waals surface area contributed by atoms with Gasteiger partial charge in [0.25, 0.3) is 0 Å². The second-order valence-electron chi connectivity index (χ2n) is 7.62. The van der Waals surface area contributed by atoms with Crippen LogP contribution < -0.4 is 11.1 Å². The lowest BCUT2D eigenvalue weighted by Crippen LogP contribution is -2.30. The van der Waals surface area contributed by atoms with Crippen LogP contribution in [0.4, 0.5) is 10.1 Å². The average Bonchev–Trinajstić information content (AvgIpc) is 3.25. The number of hydrogen-bond acceptors (Lipinski definition) is 4. The van der Waals surface area contributed by atoms with Gasteiger partial charge in [-0.25, -0.2) is 4.39 Å². The van der Waals surface area contributed by atoms with E-state index in [9.17, 15) is 9.18 Å². The van der Waals surface area contributed by atoms with Crippen LogP contribution in [0.5, 0.6) is 0 Å². The number of hydrogen-bond donors (Lipinski definition) is 2. The van der Waals surface area contributed by atoms with Gasteiger partial charge in [-0.1, -0.05) is 12.8 Å². The van der Waals surface area contributed by atoms with Crippen molar-refractivity contribution in [2.45, 2.75) is 51.5 Å². The lowest BCUT2D eigenvalue weighted by molar-refractivity contribution is -0.120. The largest absolute Gasteiger partial charge is 0.330 e. The van der Waals surface area contributed by atoms with Gasteiger partial charge in [-0.3, -0.25) is 4.79 Å². The monoisotopic (exact) mass is 371 g/mol. The van der Waals surface area contributed by atoms with Crippen molar-refractivity contribution in [2.24, 2.45) is 17.6 Å². The molecule has 1 saturated carbocycles. The van der Waals surface area contributed by atoms with Crippen LogP contribution in [0.3, 0.4) is 0 Å². The van der Waals surface area contributed by atoms with Crippen molar-refractivity contribution in [1.82, 2.24) is 14.8 Å². The first-order chi connectivity index (χ1) is 13.2. The summed E-state index contributed by atoms with van der Waals surface area (Å²) in [5.41, 5.74) is 6.75. The third kappa shape index (κ3) is 3.60. The van der Waals surface area contributed by atoms with E-state index in [2.05, 4.69) is 20.1 Å². The SMILES string of the molecule is NC[C@H]1CCC[C@H]1C(=O)Nc1cc(-c2nnc3n2CCCCC3)ccc1F. The summed E-state index contributed by atoms with van der Waals surface area (Å²) >= 11 is 0. The van der Waals surface area contributed by atoms with Crippen LogP contribution in [0.2, 0.25) is 0 Å². The van der Waals surface area contributed by atoms with E-state index in [0.29, 0.717) is 6.54 Å². The number of carbonyl (C=O) groups excluding carboxylic acids is 1. The van der Waals surface area contributed by atoms with Gasteiger partial charge in [0.05, 0.1) is 5.69 Å². The topological polar surface area (TPSA) is 85.8 Å². The first kappa shape index (κ1) is 18.1. The van der Waals surface area contributed by atoms with Crippen molar-refractivity contribution in [2.75, 3.05) is 11.9 Å². The van der Waals surface area contributed by atoms with Crippen LogP contribution in [0.1, 0.15) is 44.3 Å². The van der Waals surface area contributed by atoms with E-state index < -0.39 is 5.82 Å². The number of nitrogens with one attached hydrogen (secondary N) is 1. The quantitative estimate of drug-likeness (QED) is 0.865. The summed E-state index contributed by atoms with van der Waals surface area (Å²) in [6.07, 6.45) is 7.07. The summed E-state index contributed by atoms with van der Waals surface area (Å²) in [7, 11) is 0. The number of benzene rings is 1. The Morgan fingerprint density at radius 3 is 2.96 bits per heavy atom. The highest BCUT2D eigenvalue weighted by Crippen LogP contribution is 2.33. The molecule has 7 heteroatoms. The maximum Gasteiger partial charge on any atom is 0.227 e. The molecule has 0 saturated heterocycles. The normalized spacial score (nSPS) is 22.3. The van der Waals surface area contributed by atoms with E-state index in [1.165, 1.54) is 12.5 Å². The molecular formula is C20H26FN5O. The van der Waals surface area contributed by atoms with Crippen molar-refractivity contribution in [3.63, 3.8) is 0 Å². The molecule has 27 heavy (non-hydrogen) atoms. The number of anilines is 1.